The molecular weight excluding hydrogens is 668 g/mol. The van der Waals surface area contributed by atoms with E-state index in [-0.39, 0.29) is 0 Å². The highest BCUT2D eigenvalue weighted by molar-refractivity contribution is 9.10. The summed E-state index contributed by atoms with van der Waals surface area (Å²) in [6, 6.07) is 52.7. The van der Waals surface area contributed by atoms with Crippen LogP contribution in [0, 0.1) is 0 Å². The maximum Gasteiger partial charge on any atom is 0.0625 e. The third-order valence-electron chi connectivity index (χ3n) is 8.79. The van der Waals surface area contributed by atoms with Crippen LogP contribution in [0.4, 0.5) is 0 Å². The summed E-state index contributed by atoms with van der Waals surface area (Å²) in [6.45, 7) is 0. The van der Waals surface area contributed by atoms with Gasteiger partial charge in [-0.2, -0.15) is 0 Å². The number of para-hydroxylation sites is 2. The first-order valence-corrected chi connectivity index (χ1v) is 16.3. The first kappa shape index (κ1) is 25.8. The zero-order valence-corrected chi connectivity index (χ0v) is 26.7. The number of nitrogens with zero attached hydrogens (tertiary/aromatic N) is 2. The van der Waals surface area contributed by atoms with Gasteiger partial charge in [-0.05, 0) is 71.8 Å². The molecule has 1 aliphatic carbocycles. The van der Waals surface area contributed by atoms with E-state index in [9.17, 15) is 0 Å². The van der Waals surface area contributed by atoms with Crippen molar-refractivity contribution in [2.24, 2.45) is 0 Å². The average Bonchev–Trinajstić information content (AvgIpc) is 3.57. The van der Waals surface area contributed by atoms with E-state index in [1.807, 2.05) is 0 Å². The molecule has 44 heavy (non-hydrogen) atoms. The molecule has 2 heterocycles. The molecule has 0 fully saturated rings. The third kappa shape index (κ3) is 3.71. The van der Waals surface area contributed by atoms with Crippen LogP contribution in [0.25, 0.3) is 77.9 Å². The van der Waals surface area contributed by atoms with Crippen LogP contribution in [0.3, 0.4) is 0 Å². The Morgan fingerprint density at radius 2 is 0.727 bits per heavy atom. The van der Waals surface area contributed by atoms with Crippen molar-refractivity contribution in [1.29, 1.82) is 0 Å². The van der Waals surface area contributed by atoms with Crippen molar-refractivity contribution in [2.45, 2.75) is 0 Å². The van der Waals surface area contributed by atoms with Gasteiger partial charge in [0, 0.05) is 53.3 Å². The summed E-state index contributed by atoms with van der Waals surface area (Å²) in [5, 5.41) is 2.43. The summed E-state index contributed by atoms with van der Waals surface area (Å²) in [4.78, 5) is 0. The third-order valence-corrected chi connectivity index (χ3v) is 9.78. The van der Waals surface area contributed by atoms with Crippen LogP contribution in [0.15, 0.2) is 155 Å². The molecule has 4 heteroatoms. The number of rotatable bonds is 2. The Hall–Kier alpha value is -4.64. The maximum absolute atomic E-state index is 3.81. The molecule has 6 aromatic carbocycles. The molecule has 0 N–H and O–H groups in total. The van der Waals surface area contributed by atoms with E-state index < -0.39 is 0 Å². The Bertz CT molecular complexity index is 2230. The molecule has 0 saturated heterocycles. The predicted octanol–water partition coefficient (Wildman–Crippen LogP) is 12.1. The molecule has 208 valence electrons. The molecule has 0 unspecified atom stereocenters. The van der Waals surface area contributed by atoms with Crippen molar-refractivity contribution < 1.29 is 0 Å². The molecule has 9 rings (SSSR count). The zero-order chi connectivity index (χ0) is 29.4. The van der Waals surface area contributed by atoms with Crippen LogP contribution in [0.1, 0.15) is 0 Å². The quantitative estimate of drug-likeness (QED) is 0.171. The van der Waals surface area contributed by atoms with E-state index >= 15 is 0 Å². The highest BCUT2D eigenvalue weighted by Crippen LogP contribution is 2.55. The molecule has 2 nitrogen and oxygen atoms in total. The number of aromatic nitrogens is 2. The van der Waals surface area contributed by atoms with Crippen LogP contribution in [-0.2, 0) is 0 Å². The predicted molar refractivity (Wildman–Crippen MR) is 191 cm³/mol. The number of halogens is 2. The van der Waals surface area contributed by atoms with Gasteiger partial charge in [0.1, 0.15) is 0 Å². The van der Waals surface area contributed by atoms with E-state index in [4.69, 9.17) is 0 Å². The standard InChI is InChI=1S/C40H24Br2N2/c41-25-19-21-35-33(23-25)37-30-16-8-10-18-32(30)40-38(34-24-26(42)20-22-36(34)44(40)28-13-5-2-6-14-28)29-15-7-9-17-31(29)39(37)43(35)27-11-3-1-4-12-27/h1-24H. The van der Waals surface area contributed by atoms with E-state index in [2.05, 4.69) is 187 Å². The SMILES string of the molecule is Brc1ccc2c(c1)c1c(n2-c2ccccc2)-c2ccccc2-c2c(n(-c3ccccc3)c3ccc(Br)cc23)-c2ccccc2-1. The van der Waals surface area contributed by atoms with Crippen LogP contribution < -0.4 is 0 Å². The van der Waals surface area contributed by atoms with Gasteiger partial charge in [-0.25, -0.2) is 0 Å². The second kappa shape index (κ2) is 9.95. The van der Waals surface area contributed by atoms with Crippen molar-refractivity contribution in [1.82, 2.24) is 9.13 Å². The Kier molecular flexibility index (Phi) is 5.84. The molecule has 0 bridgehead atoms. The monoisotopic (exact) mass is 690 g/mol. The van der Waals surface area contributed by atoms with Crippen molar-refractivity contribution in [3.05, 3.63) is 155 Å². The molecule has 0 amide bonds. The van der Waals surface area contributed by atoms with Gasteiger partial charge in [-0.15, -0.1) is 0 Å². The molecule has 0 saturated carbocycles. The van der Waals surface area contributed by atoms with Crippen molar-refractivity contribution >= 4 is 53.7 Å². The lowest BCUT2D eigenvalue weighted by molar-refractivity contribution is 1.13. The molecule has 8 aromatic rings. The van der Waals surface area contributed by atoms with Gasteiger partial charge >= 0.3 is 0 Å². The van der Waals surface area contributed by atoms with Gasteiger partial charge in [-0.1, -0.05) is 117 Å². The lowest BCUT2D eigenvalue weighted by atomic mass is 9.84. The normalized spacial score (nSPS) is 11.9. The van der Waals surface area contributed by atoms with E-state index in [1.54, 1.807) is 0 Å². The Morgan fingerprint density at radius 1 is 0.364 bits per heavy atom. The second-order valence-corrected chi connectivity index (χ2v) is 13.0. The first-order valence-electron chi connectivity index (χ1n) is 14.7. The van der Waals surface area contributed by atoms with E-state index in [0.29, 0.717) is 0 Å². The largest absolute Gasteiger partial charge is 0.309 e. The zero-order valence-electron chi connectivity index (χ0n) is 23.5. The van der Waals surface area contributed by atoms with Crippen LogP contribution in [0.5, 0.6) is 0 Å². The van der Waals surface area contributed by atoms with E-state index in [1.165, 1.54) is 66.6 Å². The van der Waals surface area contributed by atoms with Gasteiger partial charge < -0.3 is 9.13 Å². The van der Waals surface area contributed by atoms with Crippen LogP contribution >= 0.6 is 31.9 Å². The minimum Gasteiger partial charge on any atom is -0.309 e. The minimum atomic E-state index is 1.06. The van der Waals surface area contributed by atoms with Gasteiger partial charge in [0.2, 0.25) is 0 Å². The number of benzene rings is 6. The fourth-order valence-electron chi connectivity index (χ4n) is 7.09. The Labute approximate surface area is 272 Å². The molecule has 0 atom stereocenters. The molecule has 1 aliphatic rings. The maximum atomic E-state index is 3.81. The van der Waals surface area contributed by atoms with Gasteiger partial charge in [0.05, 0.1) is 22.4 Å². The Morgan fingerprint density at radius 3 is 1.14 bits per heavy atom. The van der Waals surface area contributed by atoms with Crippen molar-refractivity contribution in [3.63, 3.8) is 0 Å². The number of hydrogen-bond donors (Lipinski definition) is 0. The average molecular weight is 692 g/mol. The van der Waals surface area contributed by atoms with Crippen molar-refractivity contribution in [3.8, 4) is 56.1 Å². The topological polar surface area (TPSA) is 9.86 Å². The minimum absolute atomic E-state index is 1.06. The fourth-order valence-corrected chi connectivity index (χ4v) is 7.81. The summed E-state index contributed by atoms with van der Waals surface area (Å²) in [7, 11) is 0. The highest BCUT2D eigenvalue weighted by atomic mass is 79.9. The number of hydrogen-bond acceptors (Lipinski definition) is 0. The fraction of sp³-hybridized carbons (Fsp3) is 0. The first-order chi connectivity index (χ1) is 21.7. The molecule has 0 radical (unpaired) electrons. The van der Waals surface area contributed by atoms with Crippen LogP contribution in [-0.4, -0.2) is 9.13 Å². The summed E-state index contributed by atoms with van der Waals surface area (Å²) in [5.41, 5.74) is 14.4. The van der Waals surface area contributed by atoms with Gasteiger partial charge in [0.25, 0.3) is 0 Å². The highest BCUT2D eigenvalue weighted by Gasteiger charge is 2.32. The van der Waals surface area contributed by atoms with Crippen LogP contribution in [0.2, 0.25) is 0 Å². The molecular formula is C40H24Br2N2. The lowest BCUT2D eigenvalue weighted by Gasteiger charge is -2.23. The molecule has 0 spiro atoms. The molecule has 2 aromatic heterocycles. The summed E-state index contributed by atoms with van der Waals surface area (Å²) in [5.74, 6) is 0. The molecule has 0 aliphatic heterocycles. The number of fused-ring (bicyclic) bond motifs is 12. The Balaban J connectivity index is 1.56. The second-order valence-electron chi connectivity index (χ2n) is 11.2. The summed E-state index contributed by atoms with van der Waals surface area (Å²) >= 11 is 7.63. The van der Waals surface area contributed by atoms with Gasteiger partial charge in [-0.3, -0.25) is 0 Å². The van der Waals surface area contributed by atoms with Crippen molar-refractivity contribution in [2.75, 3.05) is 0 Å². The summed E-state index contributed by atoms with van der Waals surface area (Å²) in [6.07, 6.45) is 0. The summed E-state index contributed by atoms with van der Waals surface area (Å²) < 4.78 is 7.03. The van der Waals surface area contributed by atoms with E-state index in [0.717, 1.165) is 20.3 Å². The lowest BCUT2D eigenvalue weighted by Crippen LogP contribution is -2.03. The van der Waals surface area contributed by atoms with Gasteiger partial charge in [0.15, 0.2) is 0 Å². The smallest absolute Gasteiger partial charge is 0.0625 e.